The molecule has 0 saturated heterocycles. The Morgan fingerprint density at radius 1 is 1.27 bits per heavy atom. The van der Waals surface area contributed by atoms with Gasteiger partial charge >= 0.3 is 6.09 Å². The van der Waals surface area contributed by atoms with Crippen LogP contribution in [0.3, 0.4) is 0 Å². The number of hydrogen-bond donors (Lipinski definition) is 2. The SMILES string of the molecule is CC(C)(C)OC(=O)NCc1cc(Br)cc(C(=O)NC2CC2)c1. The van der Waals surface area contributed by atoms with Crippen molar-refractivity contribution in [3.63, 3.8) is 0 Å². The Labute approximate surface area is 138 Å². The highest BCUT2D eigenvalue weighted by atomic mass is 79.9. The van der Waals surface area contributed by atoms with E-state index in [2.05, 4.69) is 26.6 Å². The molecule has 2 amide bonds. The maximum atomic E-state index is 12.1. The molecule has 6 heteroatoms. The van der Waals surface area contributed by atoms with Gasteiger partial charge in [0.05, 0.1) is 0 Å². The maximum Gasteiger partial charge on any atom is 0.407 e. The number of alkyl carbamates (subject to hydrolysis) is 1. The molecule has 0 radical (unpaired) electrons. The van der Waals surface area contributed by atoms with E-state index in [1.54, 1.807) is 12.1 Å². The number of halogens is 1. The first-order chi connectivity index (χ1) is 10.2. The minimum absolute atomic E-state index is 0.0812. The van der Waals surface area contributed by atoms with Crippen molar-refractivity contribution >= 4 is 27.9 Å². The summed E-state index contributed by atoms with van der Waals surface area (Å²) in [7, 11) is 0. The predicted octanol–water partition coefficient (Wildman–Crippen LogP) is 3.37. The summed E-state index contributed by atoms with van der Waals surface area (Å²) in [6, 6.07) is 5.73. The number of hydrogen-bond acceptors (Lipinski definition) is 3. The summed E-state index contributed by atoms with van der Waals surface area (Å²) in [5, 5.41) is 5.64. The zero-order valence-corrected chi connectivity index (χ0v) is 14.6. The van der Waals surface area contributed by atoms with Crippen LogP contribution in [0.2, 0.25) is 0 Å². The standard InChI is InChI=1S/C16H21BrN2O3/c1-16(2,3)22-15(21)18-9-10-6-11(8-12(17)7-10)14(20)19-13-4-5-13/h6-8,13H,4-5,9H2,1-3H3,(H,18,21)(H,19,20). The number of benzene rings is 1. The van der Waals surface area contributed by atoms with Gasteiger partial charge in [-0.1, -0.05) is 15.9 Å². The number of rotatable bonds is 4. The molecule has 0 aliphatic heterocycles. The van der Waals surface area contributed by atoms with Gasteiger partial charge in [-0.25, -0.2) is 4.79 Å². The van der Waals surface area contributed by atoms with E-state index in [0.29, 0.717) is 18.2 Å². The predicted molar refractivity (Wildman–Crippen MR) is 87.7 cm³/mol. The number of amides is 2. The second-order valence-electron chi connectivity index (χ2n) is 6.45. The fourth-order valence-corrected chi connectivity index (χ4v) is 2.41. The molecule has 22 heavy (non-hydrogen) atoms. The number of nitrogens with one attached hydrogen (secondary N) is 2. The first-order valence-corrected chi connectivity index (χ1v) is 8.09. The third-order valence-corrected chi connectivity index (χ3v) is 3.43. The average Bonchev–Trinajstić information content (AvgIpc) is 3.17. The van der Waals surface area contributed by atoms with Crippen LogP contribution in [0, 0.1) is 0 Å². The minimum Gasteiger partial charge on any atom is -0.444 e. The largest absolute Gasteiger partial charge is 0.444 e. The van der Waals surface area contributed by atoms with E-state index in [4.69, 9.17) is 4.74 Å². The van der Waals surface area contributed by atoms with Gasteiger partial charge in [-0.15, -0.1) is 0 Å². The quantitative estimate of drug-likeness (QED) is 0.855. The van der Waals surface area contributed by atoms with Crippen LogP contribution in [0.25, 0.3) is 0 Å². The summed E-state index contributed by atoms with van der Waals surface area (Å²) in [5.41, 5.74) is 0.889. The van der Waals surface area contributed by atoms with Crippen LogP contribution in [0.1, 0.15) is 49.5 Å². The second kappa shape index (κ2) is 6.69. The second-order valence-corrected chi connectivity index (χ2v) is 7.37. The van der Waals surface area contributed by atoms with Gasteiger partial charge in [-0.3, -0.25) is 4.79 Å². The van der Waals surface area contributed by atoms with Gasteiger partial charge < -0.3 is 15.4 Å². The third-order valence-electron chi connectivity index (χ3n) is 2.97. The zero-order valence-electron chi connectivity index (χ0n) is 13.0. The fourth-order valence-electron chi connectivity index (χ4n) is 1.87. The Balaban J connectivity index is 1.97. The molecule has 1 saturated carbocycles. The Hall–Kier alpha value is -1.56. The highest BCUT2D eigenvalue weighted by Crippen LogP contribution is 2.21. The molecule has 1 aromatic rings. The highest BCUT2D eigenvalue weighted by molar-refractivity contribution is 9.10. The Kier molecular flexibility index (Phi) is 5.11. The van der Waals surface area contributed by atoms with Gasteiger partial charge in [0.15, 0.2) is 0 Å². The molecular formula is C16H21BrN2O3. The van der Waals surface area contributed by atoms with Crippen molar-refractivity contribution in [3.8, 4) is 0 Å². The maximum absolute atomic E-state index is 12.1. The highest BCUT2D eigenvalue weighted by Gasteiger charge is 2.24. The fraction of sp³-hybridized carbons (Fsp3) is 0.500. The molecule has 120 valence electrons. The lowest BCUT2D eigenvalue weighted by Gasteiger charge is -2.19. The minimum atomic E-state index is -0.531. The van der Waals surface area contributed by atoms with Crippen LogP contribution in [-0.2, 0) is 11.3 Å². The summed E-state index contributed by atoms with van der Waals surface area (Å²) < 4.78 is 5.99. The van der Waals surface area contributed by atoms with Crippen molar-refractivity contribution in [1.29, 1.82) is 0 Å². The van der Waals surface area contributed by atoms with Crippen molar-refractivity contribution in [1.82, 2.24) is 10.6 Å². The Bertz CT molecular complexity index is 577. The lowest BCUT2D eigenvalue weighted by Crippen LogP contribution is -2.32. The van der Waals surface area contributed by atoms with E-state index < -0.39 is 11.7 Å². The lowest BCUT2D eigenvalue weighted by molar-refractivity contribution is 0.0523. The summed E-state index contributed by atoms with van der Waals surface area (Å²) in [4.78, 5) is 23.7. The molecular weight excluding hydrogens is 348 g/mol. The summed E-state index contributed by atoms with van der Waals surface area (Å²) >= 11 is 3.40. The van der Waals surface area contributed by atoms with Crippen LogP contribution in [-0.4, -0.2) is 23.6 Å². The average molecular weight is 369 g/mol. The molecule has 1 fully saturated rings. The first-order valence-electron chi connectivity index (χ1n) is 7.30. The molecule has 5 nitrogen and oxygen atoms in total. The number of carbonyl (C=O) groups excluding carboxylic acids is 2. The van der Waals surface area contributed by atoms with Gasteiger partial charge in [-0.2, -0.15) is 0 Å². The van der Waals surface area contributed by atoms with E-state index in [0.717, 1.165) is 22.9 Å². The van der Waals surface area contributed by atoms with Crippen LogP contribution in [0.5, 0.6) is 0 Å². The zero-order chi connectivity index (χ0) is 16.3. The summed E-state index contributed by atoms with van der Waals surface area (Å²) in [6.07, 6.45) is 1.62. The molecule has 0 bridgehead atoms. The van der Waals surface area contributed by atoms with Gasteiger partial charge in [0.2, 0.25) is 0 Å². The van der Waals surface area contributed by atoms with Crippen molar-refractivity contribution < 1.29 is 14.3 Å². The summed E-state index contributed by atoms with van der Waals surface area (Å²) in [6.45, 7) is 5.74. The Morgan fingerprint density at radius 2 is 1.95 bits per heavy atom. The lowest BCUT2D eigenvalue weighted by atomic mass is 10.1. The molecule has 1 aromatic carbocycles. The molecule has 0 spiro atoms. The third kappa shape index (κ3) is 5.67. The number of carbonyl (C=O) groups is 2. The topological polar surface area (TPSA) is 67.4 Å². The van der Waals surface area contributed by atoms with Crippen LogP contribution in [0.15, 0.2) is 22.7 Å². The smallest absolute Gasteiger partial charge is 0.407 e. The Morgan fingerprint density at radius 3 is 2.55 bits per heavy atom. The molecule has 1 aliphatic carbocycles. The van der Waals surface area contributed by atoms with E-state index in [-0.39, 0.29) is 5.91 Å². The van der Waals surface area contributed by atoms with Gasteiger partial charge in [0.1, 0.15) is 5.60 Å². The molecule has 0 heterocycles. The van der Waals surface area contributed by atoms with Crippen molar-refractivity contribution in [2.75, 3.05) is 0 Å². The molecule has 0 aromatic heterocycles. The van der Waals surface area contributed by atoms with Crippen LogP contribution < -0.4 is 10.6 Å². The van der Waals surface area contributed by atoms with Gasteiger partial charge in [0, 0.05) is 22.6 Å². The van der Waals surface area contributed by atoms with Gasteiger partial charge in [0.25, 0.3) is 5.91 Å². The van der Waals surface area contributed by atoms with Crippen molar-refractivity contribution in [2.24, 2.45) is 0 Å². The first kappa shape index (κ1) is 16.8. The monoisotopic (exact) mass is 368 g/mol. The molecule has 0 unspecified atom stereocenters. The summed E-state index contributed by atoms with van der Waals surface area (Å²) in [5.74, 6) is -0.0812. The molecule has 0 atom stereocenters. The van der Waals surface area contributed by atoms with Crippen LogP contribution >= 0.6 is 15.9 Å². The number of ether oxygens (including phenoxy) is 1. The molecule has 2 N–H and O–H groups in total. The van der Waals surface area contributed by atoms with E-state index >= 15 is 0 Å². The van der Waals surface area contributed by atoms with Gasteiger partial charge in [-0.05, 0) is 57.4 Å². The molecule has 2 rings (SSSR count). The van der Waals surface area contributed by atoms with E-state index in [1.165, 1.54) is 0 Å². The van der Waals surface area contributed by atoms with E-state index in [1.807, 2.05) is 26.8 Å². The normalized spacial score (nSPS) is 14.4. The van der Waals surface area contributed by atoms with Crippen molar-refractivity contribution in [2.45, 2.75) is 51.8 Å². The van der Waals surface area contributed by atoms with Crippen molar-refractivity contribution in [3.05, 3.63) is 33.8 Å². The van der Waals surface area contributed by atoms with Crippen LogP contribution in [0.4, 0.5) is 4.79 Å². The van der Waals surface area contributed by atoms with E-state index in [9.17, 15) is 9.59 Å². The molecule has 1 aliphatic rings.